The fourth-order valence-electron chi connectivity index (χ4n) is 7.86. The third-order valence-corrected chi connectivity index (χ3v) is 12.3. The number of unbranched alkanes of at least 4 members (excludes halogenated alkanes) is 18. The molecule has 0 bridgehead atoms. The summed E-state index contributed by atoms with van der Waals surface area (Å²) in [5.74, 6) is -0.933. The van der Waals surface area contributed by atoms with Crippen molar-refractivity contribution in [2.75, 3.05) is 13.2 Å². The first-order valence-electron chi connectivity index (χ1n) is 30.3. The van der Waals surface area contributed by atoms with Gasteiger partial charge in [-0.15, -0.1) is 0 Å². The molecule has 0 rings (SSSR count). The average molecular weight is 1040 g/mol. The van der Waals surface area contributed by atoms with Gasteiger partial charge in [-0.1, -0.05) is 256 Å². The van der Waals surface area contributed by atoms with Crippen LogP contribution in [-0.2, 0) is 28.6 Å². The fourth-order valence-corrected chi connectivity index (χ4v) is 7.86. The Balaban J connectivity index is 4.22. The van der Waals surface area contributed by atoms with Crippen molar-refractivity contribution in [1.82, 2.24) is 0 Å². The molecule has 0 aromatic heterocycles. The first-order chi connectivity index (χ1) is 37.0. The standard InChI is InChI=1S/C69H110O6/c1-4-7-10-13-16-18-20-22-24-26-27-28-29-30-31-32-33-34-35-36-37-38-39-40-41-43-44-46-48-50-53-56-59-62-68(71)74-65-66(64-73-67(70)61-58-55-52-15-12-9-6-3)75-69(72)63-60-57-54-51-49-47-45-42-25-23-21-19-17-14-11-8-5-2/h7-8,10-11,16-19,22-25,27-28,30-31,33-34,36-37,39-40,43-44,66H,4-6,9,12-15,20-21,26,29,32,35,38,41-42,45-65H2,1-3H3/b10-7-,11-8-,18-16-,19-17-,24-22-,25-23-,28-27-,31-30-,34-33-,37-36-,40-39-,44-43-. The van der Waals surface area contributed by atoms with Gasteiger partial charge < -0.3 is 14.2 Å². The van der Waals surface area contributed by atoms with Gasteiger partial charge in [0.2, 0.25) is 0 Å². The molecule has 1 atom stereocenters. The quantitative estimate of drug-likeness (QED) is 0.0261. The lowest BCUT2D eigenvalue weighted by molar-refractivity contribution is -0.167. The van der Waals surface area contributed by atoms with Crippen molar-refractivity contribution in [2.45, 2.75) is 258 Å². The molecular formula is C69H110O6. The van der Waals surface area contributed by atoms with Gasteiger partial charge in [-0.05, 0) is 122 Å². The van der Waals surface area contributed by atoms with Gasteiger partial charge in [0.05, 0.1) is 0 Å². The fraction of sp³-hybridized carbons (Fsp3) is 0.609. The number of carbonyl (C=O) groups is 3. The molecule has 6 heteroatoms. The number of carbonyl (C=O) groups excluding carboxylic acids is 3. The molecule has 0 spiro atoms. The Hall–Kier alpha value is -4.71. The summed E-state index contributed by atoms with van der Waals surface area (Å²) in [7, 11) is 0. The van der Waals surface area contributed by atoms with Gasteiger partial charge in [-0.25, -0.2) is 0 Å². The molecule has 0 amide bonds. The molecule has 6 nitrogen and oxygen atoms in total. The number of hydrogen-bond donors (Lipinski definition) is 0. The Morgan fingerprint density at radius 3 is 0.813 bits per heavy atom. The van der Waals surface area contributed by atoms with Gasteiger partial charge in [0.25, 0.3) is 0 Å². The van der Waals surface area contributed by atoms with Crippen molar-refractivity contribution in [3.63, 3.8) is 0 Å². The Bertz CT molecular complexity index is 1660. The molecule has 0 heterocycles. The van der Waals surface area contributed by atoms with Gasteiger partial charge in [0.15, 0.2) is 6.10 Å². The second-order valence-electron chi connectivity index (χ2n) is 19.5. The largest absolute Gasteiger partial charge is 0.462 e. The van der Waals surface area contributed by atoms with E-state index in [1.807, 2.05) is 0 Å². The molecule has 0 aromatic carbocycles. The van der Waals surface area contributed by atoms with Gasteiger partial charge in [-0.3, -0.25) is 14.4 Å². The molecular weight excluding hydrogens is 925 g/mol. The third-order valence-electron chi connectivity index (χ3n) is 12.3. The van der Waals surface area contributed by atoms with E-state index in [0.29, 0.717) is 19.3 Å². The third kappa shape index (κ3) is 60.0. The zero-order valence-corrected chi connectivity index (χ0v) is 48.3. The van der Waals surface area contributed by atoms with Crippen molar-refractivity contribution < 1.29 is 28.6 Å². The molecule has 0 fully saturated rings. The highest BCUT2D eigenvalue weighted by Gasteiger charge is 2.19. The maximum Gasteiger partial charge on any atom is 0.306 e. The lowest BCUT2D eigenvalue weighted by atomic mass is 10.1. The molecule has 1 unspecified atom stereocenters. The van der Waals surface area contributed by atoms with Crippen molar-refractivity contribution >= 4 is 17.9 Å². The summed E-state index contributed by atoms with van der Waals surface area (Å²) in [6, 6.07) is 0. The monoisotopic (exact) mass is 1030 g/mol. The van der Waals surface area contributed by atoms with Gasteiger partial charge in [0.1, 0.15) is 13.2 Å². The lowest BCUT2D eigenvalue weighted by Gasteiger charge is -2.18. The smallest absolute Gasteiger partial charge is 0.306 e. The molecule has 0 radical (unpaired) electrons. The topological polar surface area (TPSA) is 78.9 Å². The minimum absolute atomic E-state index is 0.0920. The van der Waals surface area contributed by atoms with Crippen LogP contribution in [0.2, 0.25) is 0 Å². The van der Waals surface area contributed by atoms with Crippen molar-refractivity contribution in [3.05, 3.63) is 146 Å². The van der Waals surface area contributed by atoms with Crippen molar-refractivity contribution in [3.8, 4) is 0 Å². The molecule has 0 saturated carbocycles. The van der Waals surface area contributed by atoms with Crippen LogP contribution in [0, 0.1) is 0 Å². The Labute approximate surface area is 461 Å². The highest BCUT2D eigenvalue weighted by atomic mass is 16.6. The van der Waals surface area contributed by atoms with Gasteiger partial charge in [-0.2, -0.15) is 0 Å². The average Bonchev–Trinajstić information content (AvgIpc) is 3.41. The summed E-state index contributed by atoms with van der Waals surface area (Å²) in [4.78, 5) is 38.0. The van der Waals surface area contributed by atoms with Crippen LogP contribution in [0.5, 0.6) is 0 Å². The van der Waals surface area contributed by atoms with E-state index in [0.717, 1.165) is 161 Å². The summed E-state index contributed by atoms with van der Waals surface area (Å²) < 4.78 is 16.8. The predicted molar refractivity (Wildman–Crippen MR) is 325 cm³/mol. The second kappa shape index (κ2) is 61.8. The molecule has 0 aliphatic heterocycles. The van der Waals surface area contributed by atoms with Crippen LogP contribution >= 0.6 is 0 Å². The summed E-state index contributed by atoms with van der Waals surface area (Å²) in [6.07, 6.45) is 88.7. The van der Waals surface area contributed by atoms with E-state index in [-0.39, 0.29) is 31.1 Å². The van der Waals surface area contributed by atoms with Crippen LogP contribution in [0.4, 0.5) is 0 Å². The molecule has 0 aliphatic rings. The Morgan fingerprint density at radius 2 is 0.520 bits per heavy atom. The molecule has 0 N–H and O–H groups in total. The van der Waals surface area contributed by atoms with Crippen molar-refractivity contribution in [1.29, 1.82) is 0 Å². The number of esters is 3. The van der Waals surface area contributed by atoms with Crippen molar-refractivity contribution in [2.24, 2.45) is 0 Å². The maximum absolute atomic E-state index is 12.8. The SMILES string of the molecule is CC/C=C\C/C=C\C/C=C\C/C=C\C/C=C\C/C=C\C/C=C\C/C=C\C/C=C\CCCCCCCC(=O)OCC(COC(=O)CCCCCCCCC)OC(=O)CCCCCCCCC/C=C\C/C=C\C/C=C\CC. The first kappa shape index (κ1) is 70.3. The zero-order valence-electron chi connectivity index (χ0n) is 48.3. The summed E-state index contributed by atoms with van der Waals surface area (Å²) in [6.45, 7) is 6.34. The Morgan fingerprint density at radius 1 is 0.280 bits per heavy atom. The van der Waals surface area contributed by atoms with E-state index in [4.69, 9.17) is 14.2 Å². The van der Waals surface area contributed by atoms with Gasteiger partial charge >= 0.3 is 17.9 Å². The van der Waals surface area contributed by atoms with Crippen LogP contribution in [0.25, 0.3) is 0 Å². The molecule has 422 valence electrons. The van der Waals surface area contributed by atoms with Crippen LogP contribution in [0.1, 0.15) is 252 Å². The van der Waals surface area contributed by atoms with E-state index < -0.39 is 6.10 Å². The van der Waals surface area contributed by atoms with E-state index in [1.54, 1.807) is 0 Å². The first-order valence-corrected chi connectivity index (χ1v) is 30.3. The minimum atomic E-state index is -0.794. The highest BCUT2D eigenvalue weighted by Crippen LogP contribution is 2.14. The summed E-state index contributed by atoms with van der Waals surface area (Å²) >= 11 is 0. The van der Waals surface area contributed by atoms with E-state index in [9.17, 15) is 14.4 Å². The minimum Gasteiger partial charge on any atom is -0.462 e. The highest BCUT2D eigenvalue weighted by molar-refractivity contribution is 5.71. The maximum atomic E-state index is 12.8. The predicted octanol–water partition coefficient (Wildman–Crippen LogP) is 20.8. The van der Waals surface area contributed by atoms with Crippen LogP contribution in [-0.4, -0.2) is 37.2 Å². The van der Waals surface area contributed by atoms with E-state index in [1.165, 1.54) is 51.4 Å². The van der Waals surface area contributed by atoms with Crippen LogP contribution < -0.4 is 0 Å². The normalized spacial score (nSPS) is 13.2. The van der Waals surface area contributed by atoms with Crippen LogP contribution in [0.15, 0.2) is 146 Å². The Kier molecular flexibility index (Phi) is 58.0. The number of hydrogen-bond acceptors (Lipinski definition) is 6. The van der Waals surface area contributed by atoms with Crippen LogP contribution in [0.3, 0.4) is 0 Å². The second-order valence-corrected chi connectivity index (χ2v) is 19.5. The molecule has 0 aliphatic carbocycles. The summed E-state index contributed by atoms with van der Waals surface area (Å²) in [5, 5.41) is 0. The number of allylic oxidation sites excluding steroid dienone is 24. The molecule has 0 saturated heterocycles. The number of ether oxygens (including phenoxy) is 3. The molecule has 0 aromatic rings. The lowest BCUT2D eigenvalue weighted by Crippen LogP contribution is -2.30. The van der Waals surface area contributed by atoms with E-state index in [2.05, 4.69) is 167 Å². The zero-order chi connectivity index (χ0) is 54.3. The number of rotatable bonds is 53. The molecule has 75 heavy (non-hydrogen) atoms. The summed E-state index contributed by atoms with van der Waals surface area (Å²) in [5.41, 5.74) is 0. The van der Waals surface area contributed by atoms with E-state index >= 15 is 0 Å². The van der Waals surface area contributed by atoms with Gasteiger partial charge in [0, 0.05) is 19.3 Å².